The highest BCUT2D eigenvalue weighted by molar-refractivity contribution is 7.37. The minimum absolute atomic E-state index is 0.571. The van der Waals surface area contributed by atoms with Gasteiger partial charge in [0.05, 0.1) is 0 Å². The van der Waals surface area contributed by atoms with Crippen molar-refractivity contribution in [2.24, 2.45) is 0 Å². The molecular formula is C4H10NOP. The molecule has 7 heavy (non-hydrogen) atoms. The van der Waals surface area contributed by atoms with Crippen LogP contribution in [0.4, 0.5) is 0 Å². The summed E-state index contributed by atoms with van der Waals surface area (Å²) in [5, 5.41) is 2.59. The second-order valence-corrected chi connectivity index (χ2v) is 3.29. The fourth-order valence-electron chi connectivity index (χ4n) is 0.201. The SMILES string of the molecule is CC(C)PNC=O. The van der Waals surface area contributed by atoms with Gasteiger partial charge in [0.2, 0.25) is 6.41 Å². The number of nitrogens with one attached hydrogen (secondary N) is 1. The van der Waals surface area contributed by atoms with E-state index >= 15 is 0 Å². The van der Waals surface area contributed by atoms with E-state index in [1.54, 1.807) is 0 Å². The van der Waals surface area contributed by atoms with E-state index < -0.39 is 0 Å². The van der Waals surface area contributed by atoms with Crippen LogP contribution in [0, 0.1) is 0 Å². The summed E-state index contributed by atoms with van der Waals surface area (Å²) in [5.74, 6) is 0. The molecule has 1 unspecified atom stereocenters. The Morgan fingerprint density at radius 3 is 2.43 bits per heavy atom. The third kappa shape index (κ3) is 5.90. The highest BCUT2D eigenvalue weighted by atomic mass is 31.1. The molecule has 0 bridgehead atoms. The largest absolute Gasteiger partial charge is 0.340 e. The Hall–Kier alpha value is -0.100. The maximum atomic E-state index is 9.61. The van der Waals surface area contributed by atoms with Crippen molar-refractivity contribution in [2.45, 2.75) is 19.5 Å². The van der Waals surface area contributed by atoms with Gasteiger partial charge >= 0.3 is 0 Å². The molecule has 0 saturated heterocycles. The van der Waals surface area contributed by atoms with Gasteiger partial charge in [0.1, 0.15) is 0 Å². The minimum atomic E-state index is 0.571. The summed E-state index contributed by atoms with van der Waals surface area (Å²) in [7, 11) is 0.571. The van der Waals surface area contributed by atoms with Crippen molar-refractivity contribution in [3.8, 4) is 0 Å². The quantitative estimate of drug-likeness (QED) is 0.430. The van der Waals surface area contributed by atoms with E-state index in [1.807, 2.05) is 0 Å². The van der Waals surface area contributed by atoms with E-state index in [0.717, 1.165) is 6.41 Å². The Kier molecular flexibility index (Phi) is 4.01. The Balaban J connectivity index is 2.81. The van der Waals surface area contributed by atoms with Gasteiger partial charge in [-0.05, 0) is 14.4 Å². The molecule has 0 rings (SSSR count). The van der Waals surface area contributed by atoms with Crippen molar-refractivity contribution >= 4 is 15.1 Å². The summed E-state index contributed by atoms with van der Waals surface area (Å²) in [5.41, 5.74) is 0.588. The van der Waals surface area contributed by atoms with E-state index in [2.05, 4.69) is 18.9 Å². The Labute approximate surface area is 45.5 Å². The second kappa shape index (κ2) is 4.07. The van der Waals surface area contributed by atoms with E-state index in [1.165, 1.54) is 0 Å². The van der Waals surface area contributed by atoms with Crippen LogP contribution in [0.2, 0.25) is 0 Å². The first-order valence-corrected chi connectivity index (χ1v) is 3.30. The highest BCUT2D eigenvalue weighted by Gasteiger charge is 1.86. The van der Waals surface area contributed by atoms with Crippen LogP contribution in [0.15, 0.2) is 0 Å². The summed E-state index contributed by atoms with van der Waals surface area (Å²) < 4.78 is 0. The van der Waals surface area contributed by atoms with Gasteiger partial charge in [-0.2, -0.15) is 0 Å². The summed E-state index contributed by atoms with van der Waals surface area (Å²) in [4.78, 5) is 9.61. The van der Waals surface area contributed by atoms with Crippen molar-refractivity contribution in [3.63, 3.8) is 0 Å². The van der Waals surface area contributed by atoms with Gasteiger partial charge in [-0.1, -0.05) is 13.8 Å². The number of amides is 1. The molecule has 1 atom stereocenters. The van der Waals surface area contributed by atoms with Crippen LogP contribution in [0.25, 0.3) is 0 Å². The molecule has 0 aliphatic rings. The van der Waals surface area contributed by atoms with Crippen molar-refractivity contribution in [1.29, 1.82) is 0 Å². The number of carbonyl (C=O) groups is 1. The standard InChI is InChI=1S/C4H10NOP/c1-4(2)7-5-3-6/h3-4,7H,1-2H3,(H,5,6). The van der Waals surface area contributed by atoms with Crippen LogP contribution >= 0.6 is 8.73 Å². The van der Waals surface area contributed by atoms with Crippen LogP contribution < -0.4 is 5.09 Å². The summed E-state index contributed by atoms with van der Waals surface area (Å²) in [6.07, 6.45) is 0.735. The van der Waals surface area contributed by atoms with Crippen molar-refractivity contribution in [1.82, 2.24) is 5.09 Å². The number of carbonyl (C=O) groups excluding carboxylic acids is 1. The molecular weight excluding hydrogens is 109 g/mol. The molecule has 42 valence electrons. The van der Waals surface area contributed by atoms with Gasteiger partial charge in [0.15, 0.2) is 0 Å². The zero-order valence-electron chi connectivity index (χ0n) is 4.56. The average Bonchev–Trinajstić information content (AvgIpc) is 1.61. The van der Waals surface area contributed by atoms with Crippen LogP contribution in [0.3, 0.4) is 0 Å². The van der Waals surface area contributed by atoms with Crippen molar-refractivity contribution < 1.29 is 4.79 Å². The van der Waals surface area contributed by atoms with Crippen LogP contribution in [-0.4, -0.2) is 12.1 Å². The number of hydrogen-bond acceptors (Lipinski definition) is 1. The van der Waals surface area contributed by atoms with Crippen LogP contribution in [0.5, 0.6) is 0 Å². The van der Waals surface area contributed by atoms with E-state index in [-0.39, 0.29) is 0 Å². The molecule has 2 nitrogen and oxygen atoms in total. The van der Waals surface area contributed by atoms with Gasteiger partial charge in [-0.15, -0.1) is 0 Å². The molecule has 1 amide bonds. The zero-order valence-corrected chi connectivity index (χ0v) is 5.56. The summed E-state index contributed by atoms with van der Waals surface area (Å²) in [6.45, 7) is 4.13. The fourth-order valence-corrected chi connectivity index (χ4v) is 0.602. The normalized spacial score (nSPS) is 10.7. The lowest BCUT2D eigenvalue weighted by Gasteiger charge is -1.98. The molecule has 0 heterocycles. The van der Waals surface area contributed by atoms with Gasteiger partial charge in [-0.3, -0.25) is 4.79 Å². The Morgan fingerprint density at radius 2 is 2.29 bits per heavy atom. The van der Waals surface area contributed by atoms with Gasteiger partial charge in [0, 0.05) is 0 Å². The smallest absolute Gasteiger partial charge is 0.210 e. The lowest BCUT2D eigenvalue weighted by molar-refractivity contribution is -0.108. The molecule has 0 fully saturated rings. The second-order valence-electron chi connectivity index (χ2n) is 1.56. The molecule has 0 aliphatic carbocycles. The third-order valence-electron chi connectivity index (χ3n) is 0.431. The molecule has 0 aromatic carbocycles. The van der Waals surface area contributed by atoms with Gasteiger partial charge < -0.3 is 5.09 Å². The third-order valence-corrected chi connectivity index (χ3v) is 1.29. The maximum Gasteiger partial charge on any atom is 0.210 e. The van der Waals surface area contributed by atoms with Crippen LogP contribution in [0.1, 0.15) is 13.8 Å². The number of hydrogen-bond donors (Lipinski definition) is 1. The summed E-state index contributed by atoms with van der Waals surface area (Å²) in [6, 6.07) is 0. The molecule has 0 radical (unpaired) electrons. The summed E-state index contributed by atoms with van der Waals surface area (Å²) >= 11 is 0. The molecule has 3 heteroatoms. The van der Waals surface area contributed by atoms with E-state index in [9.17, 15) is 4.79 Å². The molecule has 0 aliphatic heterocycles. The fraction of sp³-hybridized carbons (Fsp3) is 0.750. The zero-order chi connectivity index (χ0) is 5.70. The highest BCUT2D eigenvalue weighted by Crippen LogP contribution is 2.09. The van der Waals surface area contributed by atoms with Gasteiger partial charge in [0.25, 0.3) is 0 Å². The van der Waals surface area contributed by atoms with E-state index in [0.29, 0.717) is 14.4 Å². The molecule has 0 saturated carbocycles. The monoisotopic (exact) mass is 119 g/mol. The number of rotatable bonds is 3. The molecule has 1 N–H and O–H groups in total. The maximum absolute atomic E-state index is 9.61. The average molecular weight is 119 g/mol. The minimum Gasteiger partial charge on any atom is -0.340 e. The Bertz CT molecular complexity index is 55.7. The predicted octanol–water partition coefficient (Wildman–Crippen LogP) is 0.734. The first-order chi connectivity index (χ1) is 3.27. The first-order valence-electron chi connectivity index (χ1n) is 2.22. The van der Waals surface area contributed by atoms with Gasteiger partial charge in [-0.25, -0.2) is 0 Å². The molecule has 0 spiro atoms. The van der Waals surface area contributed by atoms with Crippen LogP contribution in [-0.2, 0) is 4.79 Å². The first kappa shape index (κ1) is 6.90. The Morgan fingerprint density at radius 1 is 1.71 bits per heavy atom. The topological polar surface area (TPSA) is 29.1 Å². The van der Waals surface area contributed by atoms with Crippen molar-refractivity contribution in [3.05, 3.63) is 0 Å². The molecule has 0 aromatic rings. The predicted molar refractivity (Wildman–Crippen MR) is 32.7 cm³/mol. The van der Waals surface area contributed by atoms with Crippen molar-refractivity contribution in [2.75, 3.05) is 0 Å². The lowest BCUT2D eigenvalue weighted by Crippen LogP contribution is -1.99. The van der Waals surface area contributed by atoms with E-state index in [4.69, 9.17) is 0 Å². The lowest BCUT2D eigenvalue weighted by atomic mass is 10.6. The molecule has 0 aromatic heterocycles.